The molecular formula is C30H16Cl2O11. The third-order valence-electron chi connectivity index (χ3n) is 5.61. The Hall–Kier alpha value is -5.52. The number of halogens is 2. The van der Waals surface area contributed by atoms with Crippen molar-refractivity contribution in [2.45, 2.75) is 0 Å². The summed E-state index contributed by atoms with van der Waals surface area (Å²) in [6, 6.07) is 17.5. The van der Waals surface area contributed by atoms with Crippen LogP contribution in [-0.4, -0.2) is 46.0 Å². The molecule has 216 valence electrons. The van der Waals surface area contributed by atoms with Gasteiger partial charge >= 0.3 is 35.8 Å². The number of hydrogen-bond acceptors (Lipinski definition) is 9. The van der Waals surface area contributed by atoms with E-state index in [0.717, 1.165) is 36.4 Å². The Labute approximate surface area is 251 Å². The van der Waals surface area contributed by atoms with E-state index in [9.17, 15) is 39.0 Å². The molecule has 0 aliphatic carbocycles. The van der Waals surface area contributed by atoms with Crippen molar-refractivity contribution in [2.24, 2.45) is 0 Å². The molecule has 0 unspecified atom stereocenters. The average Bonchev–Trinajstić information content (AvgIpc) is 2.96. The van der Waals surface area contributed by atoms with Crippen LogP contribution in [0.5, 0.6) is 11.5 Å². The molecule has 13 heteroatoms. The van der Waals surface area contributed by atoms with Gasteiger partial charge in [-0.05, 0) is 72.8 Å². The molecule has 4 aromatic carbocycles. The van der Waals surface area contributed by atoms with Crippen LogP contribution in [0, 0.1) is 0 Å². The fourth-order valence-electron chi connectivity index (χ4n) is 3.64. The highest BCUT2D eigenvalue weighted by molar-refractivity contribution is 6.31. The number of hydrogen-bond donors (Lipinski definition) is 2. The van der Waals surface area contributed by atoms with Crippen LogP contribution in [0.2, 0.25) is 10.0 Å². The van der Waals surface area contributed by atoms with Gasteiger partial charge in [-0.25, -0.2) is 28.8 Å². The average molecular weight is 623 g/mol. The smallest absolute Gasteiger partial charge is 0.346 e. The first-order valence-electron chi connectivity index (χ1n) is 11.9. The Morgan fingerprint density at radius 3 is 1.23 bits per heavy atom. The summed E-state index contributed by atoms with van der Waals surface area (Å²) < 4.78 is 15.1. The summed E-state index contributed by atoms with van der Waals surface area (Å²) in [5.74, 6) is -8.26. The number of rotatable bonds is 8. The van der Waals surface area contributed by atoms with Crippen molar-refractivity contribution in [3.8, 4) is 11.5 Å². The number of carboxylic acids is 2. The zero-order chi connectivity index (χ0) is 31.3. The molecule has 0 bridgehead atoms. The third-order valence-corrected chi connectivity index (χ3v) is 6.08. The fraction of sp³-hybridized carbons (Fsp3) is 0. The predicted octanol–water partition coefficient (Wildman–Crippen LogP) is 5.83. The SMILES string of the molecule is O=C(Oc1ccc(C(=O)OC(=O)c2ccc(OC(=O)c3cccc(Cl)c3)cc2C(=O)O)c(C(=O)O)c1)c1cccc(Cl)c1. The molecule has 0 aliphatic heterocycles. The van der Waals surface area contributed by atoms with Gasteiger partial charge in [-0.15, -0.1) is 0 Å². The van der Waals surface area contributed by atoms with Crippen molar-refractivity contribution < 1.29 is 53.2 Å². The maximum Gasteiger partial charge on any atom is 0.346 e. The number of carbonyl (C=O) groups is 6. The summed E-state index contributed by atoms with van der Waals surface area (Å²) in [5, 5.41) is 19.8. The Morgan fingerprint density at radius 2 is 0.884 bits per heavy atom. The van der Waals surface area contributed by atoms with Gasteiger partial charge in [0, 0.05) is 10.0 Å². The van der Waals surface area contributed by atoms with Gasteiger partial charge in [0.2, 0.25) is 0 Å². The van der Waals surface area contributed by atoms with E-state index in [1.54, 1.807) is 0 Å². The first-order valence-corrected chi connectivity index (χ1v) is 12.6. The molecule has 0 radical (unpaired) electrons. The lowest BCUT2D eigenvalue weighted by molar-refractivity contribution is 0.0386. The van der Waals surface area contributed by atoms with Crippen LogP contribution < -0.4 is 9.47 Å². The molecule has 0 aromatic heterocycles. The highest BCUT2D eigenvalue weighted by atomic mass is 35.5. The molecular weight excluding hydrogens is 607 g/mol. The maximum absolute atomic E-state index is 12.8. The van der Waals surface area contributed by atoms with Crippen LogP contribution in [0.3, 0.4) is 0 Å². The van der Waals surface area contributed by atoms with E-state index in [2.05, 4.69) is 0 Å². The number of carbonyl (C=O) groups excluding carboxylic acids is 4. The molecule has 0 aliphatic rings. The van der Waals surface area contributed by atoms with E-state index >= 15 is 0 Å². The Morgan fingerprint density at radius 1 is 0.488 bits per heavy atom. The van der Waals surface area contributed by atoms with Gasteiger partial charge in [0.25, 0.3) is 0 Å². The highest BCUT2D eigenvalue weighted by Crippen LogP contribution is 2.24. The standard InChI is InChI=1S/C30H16Cl2O11/c31-17-5-1-3-15(11-17)27(37)41-19-7-9-21(23(13-19)25(33)34)29(39)43-30(40)22-10-8-20(14-24(22)26(35)36)42-28(38)16-4-2-6-18(32)12-16/h1-14H,(H,33,34)(H,35,36). The topological polar surface area (TPSA) is 171 Å². The Balaban J connectivity index is 1.53. The highest BCUT2D eigenvalue weighted by Gasteiger charge is 2.26. The minimum atomic E-state index is -1.61. The molecule has 0 saturated carbocycles. The summed E-state index contributed by atoms with van der Waals surface area (Å²) >= 11 is 11.7. The third kappa shape index (κ3) is 7.41. The van der Waals surface area contributed by atoms with E-state index in [1.165, 1.54) is 48.5 Å². The van der Waals surface area contributed by atoms with Crippen LogP contribution in [0.15, 0.2) is 84.9 Å². The summed E-state index contributed by atoms with van der Waals surface area (Å²) in [7, 11) is 0. The van der Waals surface area contributed by atoms with Gasteiger partial charge in [-0.3, -0.25) is 0 Å². The summed E-state index contributed by atoms with van der Waals surface area (Å²) in [6.45, 7) is 0. The Bertz CT molecular complexity index is 1680. The molecule has 0 heterocycles. The second kappa shape index (κ2) is 13.0. The van der Waals surface area contributed by atoms with Crippen molar-refractivity contribution >= 4 is 59.0 Å². The molecule has 11 nitrogen and oxygen atoms in total. The minimum Gasteiger partial charge on any atom is -0.478 e. The summed E-state index contributed by atoms with van der Waals surface area (Å²) in [5.41, 5.74) is -2.36. The van der Waals surface area contributed by atoms with Crippen LogP contribution in [0.25, 0.3) is 0 Å². The molecule has 4 aromatic rings. The van der Waals surface area contributed by atoms with Gasteiger partial charge in [0.15, 0.2) is 0 Å². The monoisotopic (exact) mass is 622 g/mol. The van der Waals surface area contributed by atoms with E-state index in [1.807, 2.05) is 0 Å². The predicted molar refractivity (Wildman–Crippen MR) is 149 cm³/mol. The molecule has 0 saturated heterocycles. The minimum absolute atomic E-state index is 0.0814. The molecule has 0 amide bonds. The second-order valence-corrected chi connectivity index (χ2v) is 9.37. The van der Waals surface area contributed by atoms with Crippen LogP contribution in [-0.2, 0) is 4.74 Å². The maximum atomic E-state index is 12.8. The van der Waals surface area contributed by atoms with Crippen molar-refractivity contribution in [1.29, 1.82) is 0 Å². The van der Waals surface area contributed by atoms with Gasteiger partial charge in [0.1, 0.15) is 11.5 Å². The number of aromatic carboxylic acids is 2. The molecule has 0 fully saturated rings. The molecule has 0 spiro atoms. The number of esters is 4. The van der Waals surface area contributed by atoms with Crippen molar-refractivity contribution in [3.63, 3.8) is 0 Å². The molecule has 0 atom stereocenters. The first kappa shape index (κ1) is 30.4. The van der Waals surface area contributed by atoms with Gasteiger partial charge in [-0.2, -0.15) is 0 Å². The van der Waals surface area contributed by atoms with Gasteiger partial charge in [0.05, 0.1) is 33.4 Å². The van der Waals surface area contributed by atoms with Gasteiger partial charge < -0.3 is 24.4 Å². The lowest BCUT2D eigenvalue weighted by Crippen LogP contribution is -2.19. The summed E-state index contributed by atoms with van der Waals surface area (Å²) in [4.78, 5) is 74.0. The quantitative estimate of drug-likeness (QED) is 0.138. The fourth-order valence-corrected chi connectivity index (χ4v) is 4.02. The lowest BCUT2D eigenvalue weighted by Gasteiger charge is -2.11. The van der Waals surface area contributed by atoms with Crippen molar-refractivity contribution in [2.75, 3.05) is 0 Å². The van der Waals surface area contributed by atoms with E-state index in [-0.39, 0.29) is 32.7 Å². The number of carboxylic acid groups (broad SMARTS) is 2. The van der Waals surface area contributed by atoms with E-state index in [4.69, 9.17) is 37.4 Å². The molecule has 2 N–H and O–H groups in total. The van der Waals surface area contributed by atoms with E-state index < -0.39 is 58.1 Å². The van der Waals surface area contributed by atoms with Crippen molar-refractivity contribution in [1.82, 2.24) is 0 Å². The van der Waals surface area contributed by atoms with Crippen LogP contribution in [0.1, 0.15) is 62.1 Å². The second-order valence-electron chi connectivity index (χ2n) is 8.50. The zero-order valence-corrected chi connectivity index (χ0v) is 22.9. The Kier molecular flexibility index (Phi) is 9.19. The first-order chi connectivity index (χ1) is 20.4. The zero-order valence-electron chi connectivity index (χ0n) is 21.4. The van der Waals surface area contributed by atoms with Gasteiger partial charge in [-0.1, -0.05) is 35.3 Å². The van der Waals surface area contributed by atoms with Crippen molar-refractivity contribution in [3.05, 3.63) is 128 Å². The van der Waals surface area contributed by atoms with Crippen LogP contribution in [0.4, 0.5) is 0 Å². The van der Waals surface area contributed by atoms with E-state index in [0.29, 0.717) is 0 Å². The molecule has 43 heavy (non-hydrogen) atoms. The number of benzene rings is 4. The normalized spacial score (nSPS) is 10.4. The largest absolute Gasteiger partial charge is 0.478 e. The lowest BCUT2D eigenvalue weighted by atomic mass is 10.1. The molecule has 4 rings (SSSR count). The summed E-state index contributed by atoms with van der Waals surface area (Å²) in [6.07, 6.45) is 0. The number of ether oxygens (including phenoxy) is 3. The van der Waals surface area contributed by atoms with Crippen LogP contribution >= 0.6 is 23.2 Å².